The standard InChI is InChI=1S/C18H22ClN3O2/c1-2-11-22(15-7-9-20-10-8-15)18(23)16-12-17(24-21-16)13-3-5-14(19)6-4-13/h3-6,12,15,20H,2,7-11H2,1H3. The number of halogens is 1. The molecule has 1 aromatic heterocycles. The van der Waals surface area contributed by atoms with Crippen molar-refractivity contribution in [3.05, 3.63) is 41.0 Å². The quantitative estimate of drug-likeness (QED) is 0.897. The van der Waals surface area contributed by atoms with Crippen molar-refractivity contribution in [1.82, 2.24) is 15.4 Å². The first-order valence-corrected chi connectivity index (χ1v) is 8.81. The number of nitrogens with zero attached hydrogens (tertiary/aromatic N) is 2. The minimum atomic E-state index is -0.0484. The van der Waals surface area contributed by atoms with Crippen LogP contribution in [0.4, 0.5) is 0 Å². The van der Waals surface area contributed by atoms with E-state index in [1.54, 1.807) is 18.2 Å². The summed E-state index contributed by atoms with van der Waals surface area (Å²) in [4.78, 5) is 14.8. The normalized spacial score (nSPS) is 15.4. The number of nitrogens with one attached hydrogen (secondary N) is 1. The zero-order valence-electron chi connectivity index (χ0n) is 13.8. The molecule has 2 heterocycles. The van der Waals surface area contributed by atoms with Gasteiger partial charge >= 0.3 is 0 Å². The summed E-state index contributed by atoms with van der Waals surface area (Å²) in [5.74, 6) is 0.532. The van der Waals surface area contributed by atoms with Crippen molar-refractivity contribution < 1.29 is 9.32 Å². The summed E-state index contributed by atoms with van der Waals surface area (Å²) in [5, 5.41) is 8.00. The molecule has 0 radical (unpaired) electrons. The van der Waals surface area contributed by atoms with Gasteiger partial charge in [-0.25, -0.2) is 0 Å². The van der Waals surface area contributed by atoms with Crippen molar-refractivity contribution in [2.45, 2.75) is 32.2 Å². The van der Waals surface area contributed by atoms with Crippen LogP contribution in [0.2, 0.25) is 5.02 Å². The Morgan fingerprint density at radius 2 is 2.04 bits per heavy atom. The number of hydrogen-bond donors (Lipinski definition) is 1. The third-order valence-electron chi connectivity index (χ3n) is 4.33. The Hall–Kier alpha value is -1.85. The largest absolute Gasteiger partial charge is 0.355 e. The minimum Gasteiger partial charge on any atom is -0.355 e. The molecule has 1 aliphatic rings. The number of rotatable bonds is 5. The molecule has 2 aromatic rings. The number of piperidine rings is 1. The van der Waals surface area contributed by atoms with Crippen molar-refractivity contribution in [2.75, 3.05) is 19.6 Å². The Labute approximate surface area is 147 Å². The van der Waals surface area contributed by atoms with Gasteiger partial charge in [-0.3, -0.25) is 4.79 Å². The third-order valence-corrected chi connectivity index (χ3v) is 4.58. The summed E-state index contributed by atoms with van der Waals surface area (Å²) in [6.45, 7) is 4.73. The van der Waals surface area contributed by atoms with Gasteiger partial charge in [-0.15, -0.1) is 0 Å². The first kappa shape index (κ1) is 17.0. The van der Waals surface area contributed by atoms with E-state index in [-0.39, 0.29) is 11.9 Å². The van der Waals surface area contributed by atoms with Crippen LogP contribution >= 0.6 is 11.6 Å². The van der Waals surface area contributed by atoms with Gasteiger partial charge in [0.05, 0.1) is 0 Å². The molecule has 1 N–H and O–H groups in total. The van der Waals surface area contributed by atoms with Crippen LogP contribution < -0.4 is 5.32 Å². The summed E-state index contributed by atoms with van der Waals surface area (Å²) in [6.07, 6.45) is 2.89. The Morgan fingerprint density at radius 3 is 2.71 bits per heavy atom. The molecule has 0 aliphatic carbocycles. The van der Waals surface area contributed by atoms with E-state index in [9.17, 15) is 4.79 Å². The van der Waals surface area contributed by atoms with E-state index in [4.69, 9.17) is 16.1 Å². The summed E-state index contributed by atoms with van der Waals surface area (Å²) < 4.78 is 5.37. The lowest BCUT2D eigenvalue weighted by atomic mass is 10.0. The van der Waals surface area contributed by atoms with Gasteiger partial charge < -0.3 is 14.7 Å². The van der Waals surface area contributed by atoms with E-state index in [2.05, 4.69) is 17.4 Å². The van der Waals surface area contributed by atoms with Crippen LogP contribution in [0.15, 0.2) is 34.9 Å². The topological polar surface area (TPSA) is 58.4 Å². The first-order valence-electron chi connectivity index (χ1n) is 8.43. The van der Waals surface area contributed by atoms with Gasteiger partial charge in [0.1, 0.15) is 0 Å². The van der Waals surface area contributed by atoms with E-state index in [0.29, 0.717) is 16.5 Å². The van der Waals surface area contributed by atoms with Crippen LogP contribution in [0, 0.1) is 0 Å². The van der Waals surface area contributed by atoms with Crippen LogP contribution in [0.3, 0.4) is 0 Å². The zero-order chi connectivity index (χ0) is 16.9. The molecule has 128 valence electrons. The molecule has 1 fully saturated rings. The highest BCUT2D eigenvalue weighted by atomic mass is 35.5. The third kappa shape index (κ3) is 3.79. The van der Waals surface area contributed by atoms with Crippen molar-refractivity contribution in [2.24, 2.45) is 0 Å². The van der Waals surface area contributed by atoms with Crippen molar-refractivity contribution in [3.8, 4) is 11.3 Å². The molecule has 1 aliphatic heterocycles. The second-order valence-corrected chi connectivity index (χ2v) is 6.50. The average Bonchev–Trinajstić information content (AvgIpc) is 3.10. The van der Waals surface area contributed by atoms with Gasteiger partial charge in [0.25, 0.3) is 5.91 Å². The van der Waals surface area contributed by atoms with Gasteiger partial charge in [-0.2, -0.15) is 0 Å². The van der Waals surface area contributed by atoms with E-state index < -0.39 is 0 Å². The molecule has 3 rings (SSSR count). The smallest absolute Gasteiger partial charge is 0.276 e. The molecular formula is C18H22ClN3O2. The van der Waals surface area contributed by atoms with Crippen molar-refractivity contribution in [1.29, 1.82) is 0 Å². The Bertz CT molecular complexity index is 678. The molecule has 0 atom stereocenters. The maximum absolute atomic E-state index is 12.9. The highest BCUT2D eigenvalue weighted by Crippen LogP contribution is 2.24. The lowest BCUT2D eigenvalue weighted by molar-refractivity contribution is 0.0632. The summed E-state index contributed by atoms with van der Waals surface area (Å²) >= 11 is 5.90. The Kier molecular flexibility index (Phi) is 5.53. The highest BCUT2D eigenvalue weighted by molar-refractivity contribution is 6.30. The van der Waals surface area contributed by atoms with Crippen LogP contribution in [-0.4, -0.2) is 41.6 Å². The molecule has 0 unspecified atom stereocenters. The summed E-state index contributed by atoms with van der Waals surface area (Å²) in [7, 11) is 0. The van der Waals surface area contributed by atoms with Crippen molar-refractivity contribution in [3.63, 3.8) is 0 Å². The number of carbonyl (C=O) groups is 1. The molecular weight excluding hydrogens is 326 g/mol. The molecule has 6 heteroatoms. The lowest BCUT2D eigenvalue weighted by Gasteiger charge is -2.34. The minimum absolute atomic E-state index is 0.0484. The maximum Gasteiger partial charge on any atom is 0.276 e. The summed E-state index contributed by atoms with van der Waals surface area (Å²) in [5.41, 5.74) is 1.22. The van der Waals surface area contributed by atoms with E-state index in [1.807, 2.05) is 17.0 Å². The predicted molar refractivity (Wildman–Crippen MR) is 94.2 cm³/mol. The van der Waals surface area contributed by atoms with Crippen LogP contribution in [0.5, 0.6) is 0 Å². The van der Waals surface area contributed by atoms with Gasteiger partial charge in [-0.05, 0) is 56.6 Å². The maximum atomic E-state index is 12.9. The molecule has 24 heavy (non-hydrogen) atoms. The van der Waals surface area contributed by atoms with Crippen LogP contribution in [0.1, 0.15) is 36.7 Å². The zero-order valence-corrected chi connectivity index (χ0v) is 14.6. The fraction of sp³-hybridized carbons (Fsp3) is 0.444. The second-order valence-electron chi connectivity index (χ2n) is 6.06. The van der Waals surface area contributed by atoms with Gasteiger partial charge in [-0.1, -0.05) is 23.7 Å². The molecule has 5 nitrogen and oxygen atoms in total. The SMILES string of the molecule is CCCN(C(=O)c1cc(-c2ccc(Cl)cc2)on1)C1CCNCC1. The summed E-state index contributed by atoms with van der Waals surface area (Å²) in [6, 6.07) is 9.28. The second kappa shape index (κ2) is 7.81. The fourth-order valence-corrected chi connectivity index (χ4v) is 3.21. The van der Waals surface area contributed by atoms with Gasteiger partial charge in [0.2, 0.25) is 0 Å². The number of hydrogen-bond acceptors (Lipinski definition) is 4. The molecule has 1 amide bonds. The predicted octanol–water partition coefficient (Wildman–Crippen LogP) is 3.60. The molecule has 0 spiro atoms. The van der Waals surface area contributed by atoms with Gasteiger partial charge in [0.15, 0.2) is 11.5 Å². The fourth-order valence-electron chi connectivity index (χ4n) is 3.08. The van der Waals surface area contributed by atoms with E-state index in [1.165, 1.54) is 0 Å². The monoisotopic (exact) mass is 347 g/mol. The van der Waals surface area contributed by atoms with Crippen LogP contribution in [0.25, 0.3) is 11.3 Å². The first-order chi connectivity index (χ1) is 11.7. The van der Waals surface area contributed by atoms with E-state index >= 15 is 0 Å². The Balaban J connectivity index is 1.78. The van der Waals surface area contributed by atoms with Crippen molar-refractivity contribution >= 4 is 17.5 Å². The highest BCUT2D eigenvalue weighted by Gasteiger charge is 2.27. The average molecular weight is 348 g/mol. The molecule has 0 saturated carbocycles. The number of aromatic nitrogens is 1. The molecule has 1 aromatic carbocycles. The van der Waals surface area contributed by atoms with E-state index in [0.717, 1.165) is 44.5 Å². The number of benzene rings is 1. The Morgan fingerprint density at radius 1 is 1.33 bits per heavy atom. The molecule has 0 bridgehead atoms. The van der Waals surface area contributed by atoms with Gasteiger partial charge in [0, 0.05) is 29.2 Å². The number of amides is 1. The number of carbonyl (C=O) groups excluding carboxylic acids is 1. The molecule has 1 saturated heterocycles. The lowest BCUT2D eigenvalue weighted by Crippen LogP contribution is -2.46. The van der Waals surface area contributed by atoms with Crippen LogP contribution in [-0.2, 0) is 0 Å².